The fourth-order valence-electron chi connectivity index (χ4n) is 1.64. The Morgan fingerprint density at radius 2 is 1.83 bits per heavy atom. The van der Waals surface area contributed by atoms with E-state index in [9.17, 15) is 0 Å². The maximum absolute atomic E-state index is 8.59. The van der Waals surface area contributed by atoms with Crippen LogP contribution in [0, 0.1) is 0 Å². The Bertz CT molecular complexity index is 287. The van der Waals surface area contributed by atoms with E-state index in [1.807, 2.05) is 18.2 Å². The fourth-order valence-corrected chi connectivity index (χ4v) is 1.64. The number of ether oxygens (including phenoxy) is 2. The summed E-state index contributed by atoms with van der Waals surface area (Å²) in [5.41, 5.74) is 1.21. The molecule has 1 rings (SSSR count). The molecule has 0 saturated heterocycles. The molecule has 0 saturated carbocycles. The van der Waals surface area contributed by atoms with Crippen molar-refractivity contribution in [1.29, 1.82) is 0 Å². The molecule has 0 fully saturated rings. The molecule has 0 radical (unpaired) electrons. The second kappa shape index (κ2) is 10.1. The van der Waals surface area contributed by atoms with Gasteiger partial charge in [0.2, 0.25) is 0 Å². The summed E-state index contributed by atoms with van der Waals surface area (Å²) in [5, 5.41) is 8.59. The summed E-state index contributed by atoms with van der Waals surface area (Å²) < 4.78 is 11.1. The van der Waals surface area contributed by atoms with Crippen LogP contribution in [-0.2, 0) is 16.1 Å². The molecule has 1 N–H and O–H groups in total. The second-order valence-electron chi connectivity index (χ2n) is 4.44. The highest BCUT2D eigenvalue weighted by atomic mass is 16.5. The normalized spacial score (nSPS) is 12.6. The molecule has 0 bridgehead atoms. The SMILES string of the molecule is CC(CCCOCCCO)OCc1ccccc1. The average molecular weight is 252 g/mol. The molecular formula is C15H24O3. The highest BCUT2D eigenvalue weighted by molar-refractivity contribution is 5.13. The van der Waals surface area contributed by atoms with Crippen LogP contribution < -0.4 is 0 Å². The Kier molecular flexibility index (Phi) is 8.47. The van der Waals surface area contributed by atoms with E-state index < -0.39 is 0 Å². The summed E-state index contributed by atoms with van der Waals surface area (Å²) >= 11 is 0. The van der Waals surface area contributed by atoms with Crippen LogP contribution in [0.5, 0.6) is 0 Å². The number of hydrogen-bond acceptors (Lipinski definition) is 3. The van der Waals surface area contributed by atoms with Gasteiger partial charge in [-0.3, -0.25) is 0 Å². The highest BCUT2D eigenvalue weighted by Crippen LogP contribution is 2.07. The third-order valence-corrected chi connectivity index (χ3v) is 2.72. The summed E-state index contributed by atoms with van der Waals surface area (Å²) in [7, 11) is 0. The lowest BCUT2D eigenvalue weighted by Gasteiger charge is -2.13. The van der Waals surface area contributed by atoms with Crippen molar-refractivity contribution in [2.24, 2.45) is 0 Å². The molecule has 0 aliphatic carbocycles. The van der Waals surface area contributed by atoms with E-state index in [4.69, 9.17) is 14.6 Å². The van der Waals surface area contributed by atoms with Crippen LogP contribution >= 0.6 is 0 Å². The largest absolute Gasteiger partial charge is 0.396 e. The van der Waals surface area contributed by atoms with Crippen molar-refractivity contribution in [3.05, 3.63) is 35.9 Å². The lowest BCUT2D eigenvalue weighted by Crippen LogP contribution is -2.10. The van der Waals surface area contributed by atoms with Crippen LogP contribution in [0.2, 0.25) is 0 Å². The van der Waals surface area contributed by atoms with Gasteiger partial charge in [-0.25, -0.2) is 0 Å². The Morgan fingerprint density at radius 3 is 2.56 bits per heavy atom. The topological polar surface area (TPSA) is 38.7 Å². The van der Waals surface area contributed by atoms with Gasteiger partial charge in [0.15, 0.2) is 0 Å². The molecule has 0 aromatic heterocycles. The number of aliphatic hydroxyl groups is 1. The van der Waals surface area contributed by atoms with Gasteiger partial charge in [0.1, 0.15) is 0 Å². The van der Waals surface area contributed by atoms with Crippen LogP contribution in [0.15, 0.2) is 30.3 Å². The van der Waals surface area contributed by atoms with Gasteiger partial charge in [0.05, 0.1) is 12.7 Å². The predicted molar refractivity (Wildman–Crippen MR) is 72.4 cm³/mol. The zero-order valence-electron chi connectivity index (χ0n) is 11.2. The first-order chi connectivity index (χ1) is 8.83. The maximum atomic E-state index is 8.59. The lowest BCUT2D eigenvalue weighted by atomic mass is 10.2. The molecule has 1 unspecified atom stereocenters. The first kappa shape index (κ1) is 15.2. The van der Waals surface area contributed by atoms with E-state index >= 15 is 0 Å². The fraction of sp³-hybridized carbons (Fsp3) is 0.600. The van der Waals surface area contributed by atoms with Crippen LogP contribution in [0.25, 0.3) is 0 Å². The van der Waals surface area contributed by atoms with Crippen molar-refractivity contribution < 1.29 is 14.6 Å². The zero-order chi connectivity index (χ0) is 13.1. The second-order valence-corrected chi connectivity index (χ2v) is 4.44. The molecule has 1 atom stereocenters. The van der Waals surface area contributed by atoms with Gasteiger partial charge >= 0.3 is 0 Å². The molecule has 0 aliphatic heterocycles. The third-order valence-electron chi connectivity index (χ3n) is 2.72. The summed E-state index contributed by atoms with van der Waals surface area (Å²) in [4.78, 5) is 0. The van der Waals surface area contributed by atoms with Crippen molar-refractivity contribution in [3.63, 3.8) is 0 Å². The quantitative estimate of drug-likeness (QED) is 0.651. The summed E-state index contributed by atoms with van der Waals surface area (Å²) in [6.45, 7) is 4.37. The van der Waals surface area contributed by atoms with Gasteiger partial charge in [0, 0.05) is 19.8 Å². The standard InChI is InChI=1S/C15H24O3/c1-14(7-5-11-17-12-6-10-16)18-13-15-8-3-2-4-9-15/h2-4,8-9,14,16H,5-7,10-13H2,1H3. The molecule has 0 amide bonds. The number of hydrogen-bond donors (Lipinski definition) is 1. The van der Waals surface area contributed by atoms with Gasteiger partial charge in [-0.1, -0.05) is 30.3 Å². The highest BCUT2D eigenvalue weighted by Gasteiger charge is 2.02. The Balaban J connectivity index is 1.99. The predicted octanol–water partition coefficient (Wildman–Crippen LogP) is 2.77. The third kappa shape index (κ3) is 7.43. The van der Waals surface area contributed by atoms with Gasteiger partial charge in [0.25, 0.3) is 0 Å². The van der Waals surface area contributed by atoms with Crippen LogP contribution in [-0.4, -0.2) is 31.0 Å². The van der Waals surface area contributed by atoms with Crippen molar-refractivity contribution in [1.82, 2.24) is 0 Å². The molecule has 0 aliphatic rings. The van der Waals surface area contributed by atoms with E-state index in [2.05, 4.69) is 19.1 Å². The van der Waals surface area contributed by atoms with Crippen molar-refractivity contribution >= 4 is 0 Å². The average Bonchev–Trinajstić information content (AvgIpc) is 2.41. The maximum Gasteiger partial charge on any atom is 0.0720 e. The van der Waals surface area contributed by atoms with Gasteiger partial charge in [-0.2, -0.15) is 0 Å². The van der Waals surface area contributed by atoms with Gasteiger partial charge in [-0.05, 0) is 31.7 Å². The molecule has 3 heteroatoms. The minimum Gasteiger partial charge on any atom is -0.396 e. The van der Waals surface area contributed by atoms with E-state index in [1.165, 1.54) is 5.56 Å². The molecule has 3 nitrogen and oxygen atoms in total. The van der Waals surface area contributed by atoms with Gasteiger partial charge in [-0.15, -0.1) is 0 Å². The van der Waals surface area contributed by atoms with Crippen LogP contribution in [0.1, 0.15) is 31.7 Å². The van der Waals surface area contributed by atoms with Crippen molar-refractivity contribution in [2.75, 3.05) is 19.8 Å². The molecule has 18 heavy (non-hydrogen) atoms. The molecule has 1 aromatic rings. The summed E-state index contributed by atoms with van der Waals surface area (Å²) in [6, 6.07) is 10.2. The smallest absolute Gasteiger partial charge is 0.0720 e. The van der Waals surface area contributed by atoms with Gasteiger partial charge < -0.3 is 14.6 Å². The zero-order valence-corrected chi connectivity index (χ0v) is 11.2. The first-order valence-electron chi connectivity index (χ1n) is 6.67. The molecule has 0 spiro atoms. The Hall–Kier alpha value is -0.900. The minimum absolute atomic E-state index is 0.205. The van der Waals surface area contributed by atoms with Crippen LogP contribution in [0.3, 0.4) is 0 Å². The lowest BCUT2D eigenvalue weighted by molar-refractivity contribution is 0.0368. The Labute approximate surface area is 110 Å². The summed E-state index contributed by atoms with van der Waals surface area (Å²) in [5.74, 6) is 0. The van der Waals surface area contributed by atoms with E-state index in [0.717, 1.165) is 25.9 Å². The number of benzene rings is 1. The van der Waals surface area contributed by atoms with E-state index in [1.54, 1.807) is 0 Å². The van der Waals surface area contributed by atoms with E-state index in [0.29, 0.717) is 13.2 Å². The van der Waals surface area contributed by atoms with Crippen molar-refractivity contribution in [3.8, 4) is 0 Å². The number of rotatable bonds is 10. The number of aliphatic hydroxyl groups excluding tert-OH is 1. The minimum atomic E-state index is 0.205. The monoisotopic (exact) mass is 252 g/mol. The molecule has 0 heterocycles. The first-order valence-corrected chi connectivity index (χ1v) is 6.67. The van der Waals surface area contributed by atoms with Crippen LogP contribution in [0.4, 0.5) is 0 Å². The van der Waals surface area contributed by atoms with E-state index in [-0.39, 0.29) is 12.7 Å². The molecule has 102 valence electrons. The Morgan fingerprint density at radius 1 is 1.11 bits per heavy atom. The van der Waals surface area contributed by atoms with Crippen molar-refractivity contribution in [2.45, 2.75) is 38.9 Å². The summed E-state index contributed by atoms with van der Waals surface area (Å²) in [6.07, 6.45) is 2.99. The molecular weight excluding hydrogens is 228 g/mol. The molecule has 1 aromatic carbocycles.